The Kier molecular flexibility index (Phi) is 6.50. The Morgan fingerprint density at radius 2 is 1.74 bits per heavy atom. The fraction of sp³-hybridized carbons (Fsp3) is 0.562. The van der Waals surface area contributed by atoms with Crippen molar-refractivity contribution >= 4 is 23.2 Å². The first-order chi connectivity index (χ1) is 11.1. The van der Waals surface area contributed by atoms with Crippen molar-refractivity contribution in [2.75, 3.05) is 58.8 Å². The number of rotatable bonds is 6. The van der Waals surface area contributed by atoms with Crippen molar-refractivity contribution < 1.29 is 14.3 Å². The number of ether oxygens (including phenoxy) is 2. The Bertz CT molecular complexity index is 546. The number of nitrogens with one attached hydrogen (secondary N) is 1. The summed E-state index contributed by atoms with van der Waals surface area (Å²) < 4.78 is 10.4. The van der Waals surface area contributed by atoms with E-state index in [4.69, 9.17) is 21.1 Å². The molecule has 1 aliphatic rings. The van der Waals surface area contributed by atoms with E-state index in [1.807, 2.05) is 0 Å². The van der Waals surface area contributed by atoms with E-state index in [-0.39, 0.29) is 5.91 Å². The number of methoxy groups -OCH3 is 2. The molecule has 0 bridgehead atoms. The summed E-state index contributed by atoms with van der Waals surface area (Å²) in [5.41, 5.74) is 0.551. The van der Waals surface area contributed by atoms with Gasteiger partial charge >= 0.3 is 0 Å². The molecule has 1 saturated heterocycles. The highest BCUT2D eigenvalue weighted by molar-refractivity contribution is 6.32. The second-order valence-electron chi connectivity index (χ2n) is 5.45. The van der Waals surface area contributed by atoms with Crippen molar-refractivity contribution in [1.82, 2.24) is 9.80 Å². The van der Waals surface area contributed by atoms with E-state index in [0.717, 1.165) is 32.7 Å². The first-order valence-electron chi connectivity index (χ1n) is 7.73. The Hall–Kier alpha value is -1.50. The van der Waals surface area contributed by atoms with Crippen LogP contribution in [0.1, 0.15) is 6.92 Å². The summed E-state index contributed by atoms with van der Waals surface area (Å²) in [5, 5.41) is 3.30. The highest BCUT2D eigenvalue weighted by Crippen LogP contribution is 2.35. The van der Waals surface area contributed by atoms with Gasteiger partial charge in [0, 0.05) is 32.2 Å². The number of halogens is 1. The van der Waals surface area contributed by atoms with Crippen LogP contribution in [0.15, 0.2) is 12.1 Å². The lowest BCUT2D eigenvalue weighted by Gasteiger charge is -2.33. The van der Waals surface area contributed by atoms with Gasteiger partial charge in [-0.15, -0.1) is 0 Å². The zero-order chi connectivity index (χ0) is 16.8. The smallest absolute Gasteiger partial charge is 0.238 e. The zero-order valence-electron chi connectivity index (χ0n) is 13.9. The molecule has 1 heterocycles. The zero-order valence-corrected chi connectivity index (χ0v) is 14.7. The molecule has 6 nitrogen and oxygen atoms in total. The van der Waals surface area contributed by atoms with Crippen molar-refractivity contribution in [2.24, 2.45) is 0 Å². The van der Waals surface area contributed by atoms with Crippen LogP contribution in [0, 0.1) is 0 Å². The molecular formula is C16H24ClN3O3. The minimum Gasteiger partial charge on any atom is -0.495 e. The maximum Gasteiger partial charge on any atom is 0.238 e. The van der Waals surface area contributed by atoms with Gasteiger partial charge in [0.2, 0.25) is 5.91 Å². The van der Waals surface area contributed by atoms with Crippen LogP contribution in [0.5, 0.6) is 11.5 Å². The number of hydrogen-bond acceptors (Lipinski definition) is 5. The maximum absolute atomic E-state index is 12.3. The normalized spacial score (nSPS) is 16.2. The van der Waals surface area contributed by atoms with Crippen molar-refractivity contribution in [3.05, 3.63) is 17.2 Å². The van der Waals surface area contributed by atoms with Gasteiger partial charge in [-0.2, -0.15) is 0 Å². The fourth-order valence-corrected chi connectivity index (χ4v) is 2.86. The number of benzene rings is 1. The Morgan fingerprint density at radius 3 is 2.30 bits per heavy atom. The molecule has 0 aromatic heterocycles. The lowest BCUT2D eigenvalue weighted by Crippen LogP contribution is -2.48. The molecule has 23 heavy (non-hydrogen) atoms. The monoisotopic (exact) mass is 341 g/mol. The second kappa shape index (κ2) is 8.38. The van der Waals surface area contributed by atoms with E-state index < -0.39 is 0 Å². The molecule has 1 aliphatic heterocycles. The summed E-state index contributed by atoms with van der Waals surface area (Å²) in [7, 11) is 3.08. The number of amides is 1. The average Bonchev–Trinajstić information content (AvgIpc) is 2.55. The largest absolute Gasteiger partial charge is 0.495 e. The number of nitrogens with zero attached hydrogens (tertiary/aromatic N) is 2. The van der Waals surface area contributed by atoms with Crippen LogP contribution in [0.3, 0.4) is 0 Å². The van der Waals surface area contributed by atoms with E-state index in [2.05, 4.69) is 22.0 Å². The fourth-order valence-electron chi connectivity index (χ4n) is 2.61. The minimum atomic E-state index is -0.0746. The van der Waals surface area contributed by atoms with Crippen LogP contribution in [-0.2, 0) is 4.79 Å². The molecule has 0 spiro atoms. The number of anilines is 1. The Morgan fingerprint density at radius 1 is 1.13 bits per heavy atom. The van der Waals surface area contributed by atoms with Crippen LogP contribution >= 0.6 is 11.6 Å². The summed E-state index contributed by atoms with van der Waals surface area (Å²) in [6, 6.07) is 3.31. The standard InChI is InChI=1S/C16H24ClN3O3/c1-4-19-5-7-20(8-6-19)11-16(21)18-13-9-12(17)14(22-2)10-15(13)23-3/h9-10H,4-8,11H2,1-3H3,(H,18,21). The van der Waals surface area contributed by atoms with Gasteiger partial charge in [0.05, 0.1) is 31.5 Å². The van der Waals surface area contributed by atoms with Gasteiger partial charge in [0.1, 0.15) is 11.5 Å². The molecule has 1 N–H and O–H groups in total. The third-order valence-corrected chi connectivity index (χ3v) is 4.32. The summed E-state index contributed by atoms with van der Waals surface area (Å²) >= 11 is 6.12. The van der Waals surface area contributed by atoms with Crippen molar-refractivity contribution in [1.29, 1.82) is 0 Å². The van der Waals surface area contributed by atoms with E-state index in [9.17, 15) is 4.79 Å². The highest BCUT2D eigenvalue weighted by Gasteiger charge is 2.19. The topological polar surface area (TPSA) is 54.0 Å². The van der Waals surface area contributed by atoms with E-state index in [1.165, 1.54) is 7.11 Å². The number of carbonyl (C=O) groups excluding carboxylic acids is 1. The minimum absolute atomic E-state index is 0.0746. The van der Waals surface area contributed by atoms with Gasteiger partial charge in [-0.25, -0.2) is 0 Å². The van der Waals surface area contributed by atoms with Crippen LogP contribution in [0.2, 0.25) is 5.02 Å². The predicted molar refractivity (Wildman–Crippen MR) is 91.7 cm³/mol. The number of likely N-dealkylation sites (N-methyl/N-ethyl adjacent to an activating group) is 1. The van der Waals surface area contributed by atoms with Gasteiger partial charge in [0.25, 0.3) is 0 Å². The lowest BCUT2D eigenvalue weighted by atomic mass is 10.2. The van der Waals surface area contributed by atoms with E-state index >= 15 is 0 Å². The third-order valence-electron chi connectivity index (χ3n) is 4.03. The molecule has 0 aliphatic carbocycles. The molecule has 1 aromatic carbocycles. The Balaban J connectivity index is 1.96. The van der Waals surface area contributed by atoms with Crippen molar-refractivity contribution in [2.45, 2.75) is 6.92 Å². The molecule has 0 saturated carbocycles. The molecule has 2 rings (SSSR count). The maximum atomic E-state index is 12.3. The molecule has 0 atom stereocenters. The highest BCUT2D eigenvalue weighted by atomic mass is 35.5. The first kappa shape index (κ1) is 17.8. The van der Waals surface area contributed by atoms with Crippen LogP contribution < -0.4 is 14.8 Å². The number of hydrogen-bond donors (Lipinski definition) is 1. The third kappa shape index (κ3) is 4.73. The number of carbonyl (C=O) groups is 1. The average molecular weight is 342 g/mol. The Labute approximate surface area is 142 Å². The van der Waals surface area contributed by atoms with E-state index in [0.29, 0.717) is 28.8 Å². The molecule has 1 fully saturated rings. The lowest BCUT2D eigenvalue weighted by molar-refractivity contribution is -0.117. The van der Waals surface area contributed by atoms with Gasteiger partial charge < -0.3 is 19.7 Å². The molecule has 1 amide bonds. The molecule has 0 radical (unpaired) electrons. The quantitative estimate of drug-likeness (QED) is 0.857. The second-order valence-corrected chi connectivity index (χ2v) is 5.85. The number of piperazine rings is 1. The summed E-state index contributed by atoms with van der Waals surface area (Å²) in [6.45, 7) is 7.39. The summed E-state index contributed by atoms with van der Waals surface area (Å²) in [4.78, 5) is 16.8. The van der Waals surface area contributed by atoms with Crippen LogP contribution in [0.4, 0.5) is 5.69 Å². The first-order valence-corrected chi connectivity index (χ1v) is 8.11. The van der Waals surface area contributed by atoms with Crippen molar-refractivity contribution in [3.63, 3.8) is 0 Å². The van der Waals surface area contributed by atoms with Gasteiger partial charge in [0.15, 0.2) is 0 Å². The van der Waals surface area contributed by atoms with Gasteiger partial charge in [-0.1, -0.05) is 18.5 Å². The van der Waals surface area contributed by atoms with E-state index in [1.54, 1.807) is 19.2 Å². The van der Waals surface area contributed by atoms with Gasteiger partial charge in [-0.05, 0) is 12.6 Å². The van der Waals surface area contributed by atoms with Crippen molar-refractivity contribution in [3.8, 4) is 11.5 Å². The molecular weight excluding hydrogens is 318 g/mol. The molecule has 1 aromatic rings. The molecule has 7 heteroatoms. The predicted octanol–water partition coefficient (Wildman–Crippen LogP) is 1.93. The molecule has 0 unspecified atom stereocenters. The van der Waals surface area contributed by atoms with Crippen LogP contribution in [-0.4, -0.2) is 69.2 Å². The van der Waals surface area contributed by atoms with Gasteiger partial charge in [-0.3, -0.25) is 9.69 Å². The van der Waals surface area contributed by atoms with Crippen LogP contribution in [0.25, 0.3) is 0 Å². The summed E-state index contributed by atoms with van der Waals surface area (Å²) in [5.74, 6) is 0.960. The SMILES string of the molecule is CCN1CCN(CC(=O)Nc2cc(Cl)c(OC)cc2OC)CC1. The summed E-state index contributed by atoms with van der Waals surface area (Å²) in [6.07, 6.45) is 0. The molecule has 128 valence electrons.